The Morgan fingerprint density at radius 1 is 1.59 bits per heavy atom. The standard InChI is InChI=1S/C12H12FN3O/c13-10-1-2-11(9(4-10)6-15)16-7-8(5-14)3-12(16)17/h1-2,4,8H,3,5,7,14H2. The second kappa shape index (κ2) is 4.52. The van der Waals surface area contributed by atoms with Crippen molar-refractivity contribution in [3.05, 3.63) is 29.6 Å². The molecule has 0 saturated carbocycles. The van der Waals surface area contributed by atoms with Gasteiger partial charge in [0.15, 0.2) is 0 Å². The SMILES string of the molecule is N#Cc1cc(F)ccc1N1CC(CN)CC1=O. The van der Waals surface area contributed by atoms with Crippen molar-refractivity contribution >= 4 is 11.6 Å². The summed E-state index contributed by atoms with van der Waals surface area (Å²) in [5, 5.41) is 8.93. The molecule has 0 aromatic heterocycles. The first-order valence-electron chi connectivity index (χ1n) is 5.35. The monoisotopic (exact) mass is 233 g/mol. The number of anilines is 1. The van der Waals surface area contributed by atoms with Crippen LogP contribution in [0.4, 0.5) is 10.1 Å². The number of amides is 1. The van der Waals surface area contributed by atoms with Crippen LogP contribution in [-0.2, 0) is 4.79 Å². The summed E-state index contributed by atoms with van der Waals surface area (Å²) < 4.78 is 13.0. The lowest BCUT2D eigenvalue weighted by Crippen LogP contribution is -2.26. The molecule has 1 aromatic carbocycles. The molecule has 0 bridgehead atoms. The summed E-state index contributed by atoms with van der Waals surface area (Å²) in [7, 11) is 0. The average molecular weight is 233 g/mol. The number of nitriles is 1. The number of benzene rings is 1. The number of carbonyl (C=O) groups is 1. The van der Waals surface area contributed by atoms with Gasteiger partial charge in [-0.05, 0) is 30.7 Å². The van der Waals surface area contributed by atoms with Crippen molar-refractivity contribution in [1.29, 1.82) is 5.26 Å². The number of hydrogen-bond acceptors (Lipinski definition) is 3. The lowest BCUT2D eigenvalue weighted by molar-refractivity contribution is -0.117. The number of nitrogens with zero attached hydrogens (tertiary/aromatic N) is 2. The molecule has 2 N–H and O–H groups in total. The molecule has 4 nitrogen and oxygen atoms in total. The lowest BCUT2D eigenvalue weighted by atomic mass is 10.1. The van der Waals surface area contributed by atoms with Crippen LogP contribution in [0.3, 0.4) is 0 Å². The van der Waals surface area contributed by atoms with Crippen molar-refractivity contribution in [1.82, 2.24) is 0 Å². The van der Waals surface area contributed by atoms with Crippen molar-refractivity contribution in [3.8, 4) is 6.07 Å². The first kappa shape index (κ1) is 11.6. The van der Waals surface area contributed by atoms with E-state index >= 15 is 0 Å². The number of hydrogen-bond donors (Lipinski definition) is 1. The molecule has 1 aliphatic heterocycles. The van der Waals surface area contributed by atoms with Crippen LogP contribution in [0.1, 0.15) is 12.0 Å². The first-order valence-corrected chi connectivity index (χ1v) is 5.35. The van der Waals surface area contributed by atoms with E-state index in [1.54, 1.807) is 0 Å². The van der Waals surface area contributed by atoms with E-state index in [-0.39, 0.29) is 17.4 Å². The van der Waals surface area contributed by atoms with Crippen LogP contribution in [0.2, 0.25) is 0 Å². The van der Waals surface area contributed by atoms with Crippen LogP contribution in [0.25, 0.3) is 0 Å². The summed E-state index contributed by atoms with van der Waals surface area (Å²) in [4.78, 5) is 13.3. The minimum atomic E-state index is -0.479. The molecule has 1 fully saturated rings. The lowest BCUT2D eigenvalue weighted by Gasteiger charge is -2.17. The Morgan fingerprint density at radius 2 is 2.35 bits per heavy atom. The largest absolute Gasteiger partial charge is 0.330 e. The zero-order chi connectivity index (χ0) is 12.4. The second-order valence-electron chi connectivity index (χ2n) is 4.08. The molecule has 5 heteroatoms. The van der Waals surface area contributed by atoms with Crippen LogP contribution < -0.4 is 10.6 Å². The molecule has 1 aromatic rings. The maximum Gasteiger partial charge on any atom is 0.227 e. The first-order chi connectivity index (χ1) is 8.15. The zero-order valence-corrected chi connectivity index (χ0v) is 9.19. The van der Waals surface area contributed by atoms with Gasteiger partial charge in [-0.1, -0.05) is 0 Å². The molecule has 1 heterocycles. The molecular formula is C12H12FN3O. The van der Waals surface area contributed by atoms with E-state index in [0.717, 1.165) is 6.07 Å². The fraction of sp³-hybridized carbons (Fsp3) is 0.333. The Morgan fingerprint density at radius 3 is 2.94 bits per heavy atom. The predicted molar refractivity (Wildman–Crippen MR) is 60.6 cm³/mol. The van der Waals surface area contributed by atoms with Crippen LogP contribution >= 0.6 is 0 Å². The molecule has 0 aliphatic carbocycles. The summed E-state index contributed by atoms with van der Waals surface area (Å²) in [6, 6.07) is 5.75. The Hall–Kier alpha value is -1.93. The minimum absolute atomic E-state index is 0.0661. The molecular weight excluding hydrogens is 221 g/mol. The molecule has 1 aliphatic rings. The fourth-order valence-electron chi connectivity index (χ4n) is 2.01. The number of carbonyl (C=O) groups excluding carboxylic acids is 1. The second-order valence-corrected chi connectivity index (χ2v) is 4.08. The average Bonchev–Trinajstić information content (AvgIpc) is 2.70. The van der Waals surface area contributed by atoms with Crippen molar-refractivity contribution < 1.29 is 9.18 Å². The van der Waals surface area contributed by atoms with Gasteiger partial charge < -0.3 is 10.6 Å². The minimum Gasteiger partial charge on any atom is -0.330 e. The van der Waals surface area contributed by atoms with E-state index in [4.69, 9.17) is 11.0 Å². The third-order valence-corrected chi connectivity index (χ3v) is 2.91. The van der Waals surface area contributed by atoms with Gasteiger partial charge in [0.1, 0.15) is 11.9 Å². The molecule has 1 atom stereocenters. The third-order valence-electron chi connectivity index (χ3n) is 2.91. The highest BCUT2D eigenvalue weighted by atomic mass is 19.1. The number of nitrogens with two attached hydrogens (primary N) is 1. The van der Waals surface area contributed by atoms with Gasteiger partial charge >= 0.3 is 0 Å². The molecule has 17 heavy (non-hydrogen) atoms. The Labute approximate surface area is 98.4 Å². The van der Waals surface area contributed by atoms with Crippen LogP contribution in [-0.4, -0.2) is 19.0 Å². The van der Waals surface area contributed by atoms with E-state index in [1.165, 1.54) is 17.0 Å². The molecule has 2 rings (SSSR count). The van der Waals surface area contributed by atoms with E-state index in [0.29, 0.717) is 25.2 Å². The van der Waals surface area contributed by atoms with Gasteiger partial charge in [0.2, 0.25) is 5.91 Å². The van der Waals surface area contributed by atoms with Gasteiger partial charge in [0.05, 0.1) is 11.3 Å². The topological polar surface area (TPSA) is 70.1 Å². The molecule has 88 valence electrons. The fourth-order valence-corrected chi connectivity index (χ4v) is 2.01. The summed E-state index contributed by atoms with van der Waals surface area (Å²) in [5.74, 6) is -0.435. The van der Waals surface area contributed by atoms with Gasteiger partial charge in [0.25, 0.3) is 0 Å². The quantitative estimate of drug-likeness (QED) is 0.828. The Bertz CT molecular complexity index is 495. The molecule has 0 radical (unpaired) electrons. The van der Waals surface area contributed by atoms with Gasteiger partial charge in [-0.15, -0.1) is 0 Å². The van der Waals surface area contributed by atoms with Gasteiger partial charge in [-0.2, -0.15) is 5.26 Å². The number of halogens is 1. The van der Waals surface area contributed by atoms with Gasteiger partial charge in [0, 0.05) is 13.0 Å². The molecule has 1 saturated heterocycles. The van der Waals surface area contributed by atoms with E-state index in [1.807, 2.05) is 6.07 Å². The van der Waals surface area contributed by atoms with Crippen LogP contribution in [0.5, 0.6) is 0 Å². The smallest absolute Gasteiger partial charge is 0.227 e. The van der Waals surface area contributed by atoms with Crippen LogP contribution in [0.15, 0.2) is 18.2 Å². The molecule has 0 spiro atoms. The van der Waals surface area contributed by atoms with Crippen molar-refractivity contribution in [2.24, 2.45) is 11.7 Å². The number of rotatable bonds is 2. The van der Waals surface area contributed by atoms with E-state index in [9.17, 15) is 9.18 Å². The van der Waals surface area contributed by atoms with Gasteiger partial charge in [-0.3, -0.25) is 4.79 Å². The van der Waals surface area contributed by atoms with E-state index in [2.05, 4.69) is 0 Å². The summed E-state index contributed by atoms with van der Waals surface area (Å²) >= 11 is 0. The Kier molecular flexibility index (Phi) is 3.07. The van der Waals surface area contributed by atoms with Crippen LogP contribution in [0, 0.1) is 23.1 Å². The zero-order valence-electron chi connectivity index (χ0n) is 9.19. The Balaban J connectivity index is 2.35. The van der Waals surface area contributed by atoms with Crippen molar-refractivity contribution in [2.45, 2.75) is 6.42 Å². The van der Waals surface area contributed by atoms with E-state index < -0.39 is 5.82 Å². The van der Waals surface area contributed by atoms with Gasteiger partial charge in [-0.25, -0.2) is 4.39 Å². The highest BCUT2D eigenvalue weighted by Gasteiger charge is 2.30. The van der Waals surface area contributed by atoms with Crippen molar-refractivity contribution in [3.63, 3.8) is 0 Å². The van der Waals surface area contributed by atoms with Crippen molar-refractivity contribution in [2.75, 3.05) is 18.0 Å². The third kappa shape index (κ3) is 2.12. The molecule has 1 amide bonds. The highest BCUT2D eigenvalue weighted by Crippen LogP contribution is 2.27. The maximum atomic E-state index is 13.0. The summed E-state index contributed by atoms with van der Waals surface area (Å²) in [6.07, 6.45) is 0.388. The predicted octanol–water partition coefficient (Wildman–Crippen LogP) is 1.01. The maximum absolute atomic E-state index is 13.0. The summed E-state index contributed by atoms with van der Waals surface area (Å²) in [6.45, 7) is 0.932. The normalized spacial score (nSPS) is 19.5. The summed E-state index contributed by atoms with van der Waals surface area (Å²) in [5.41, 5.74) is 6.17. The molecule has 1 unspecified atom stereocenters. The highest BCUT2D eigenvalue weighted by molar-refractivity contribution is 5.96.